The van der Waals surface area contributed by atoms with E-state index < -0.39 is 102 Å². The highest BCUT2D eigenvalue weighted by Crippen LogP contribution is 2.20. The summed E-state index contributed by atoms with van der Waals surface area (Å²) in [6.07, 6.45) is 9.39. The first-order valence-electron chi connectivity index (χ1n) is 29.1. The number of amides is 10. The van der Waals surface area contributed by atoms with Crippen LogP contribution in [0.15, 0.2) is 29.3 Å². The SMILES string of the molecule is C[C@H](NC(=O)[C@H](CCN)NC(=O)C(=N)CCCCN)C(=O)NCC(=O)/N=C(\CCCN)C(=O)N1CCC[C@H]1C(=O)N[C@@H](Cc1cnc[nH]1)C(=O)N[C@@H](CCCCN)C(=O)N/C(=C\CCNC(=N)N)C(=O)N[C@@H](CCCCN)C(=O)NCCCCN. The molecule has 0 bridgehead atoms. The van der Waals surface area contributed by atoms with Crippen molar-refractivity contribution in [2.45, 2.75) is 159 Å². The molecule has 0 aromatic carbocycles. The molecule has 1 aliphatic heterocycles. The van der Waals surface area contributed by atoms with Gasteiger partial charge in [0, 0.05) is 37.9 Å². The number of guanidine groups is 1. The van der Waals surface area contributed by atoms with E-state index in [1.807, 2.05) is 0 Å². The van der Waals surface area contributed by atoms with Gasteiger partial charge in [0.15, 0.2) is 5.96 Å². The minimum absolute atomic E-state index is 0.000131. The van der Waals surface area contributed by atoms with E-state index in [9.17, 15) is 47.9 Å². The van der Waals surface area contributed by atoms with E-state index in [2.05, 4.69) is 62.8 Å². The topological polar surface area (TPSA) is 553 Å². The van der Waals surface area contributed by atoms with Crippen LogP contribution in [0, 0.1) is 10.8 Å². The fourth-order valence-electron chi connectivity index (χ4n) is 8.63. The lowest BCUT2D eigenvalue weighted by Crippen LogP contribution is -2.57. The van der Waals surface area contributed by atoms with E-state index in [4.69, 9.17) is 51.0 Å². The molecule has 1 fully saturated rings. The van der Waals surface area contributed by atoms with Gasteiger partial charge >= 0.3 is 0 Å². The van der Waals surface area contributed by atoms with Gasteiger partial charge in [-0.05, 0) is 155 Å². The maximum absolute atomic E-state index is 14.5. The summed E-state index contributed by atoms with van der Waals surface area (Å²) in [4.78, 5) is 149. The van der Waals surface area contributed by atoms with Crippen molar-refractivity contribution in [3.05, 3.63) is 30.0 Å². The number of H-pyrrole nitrogens is 1. The number of carbonyl (C=O) groups excluding carboxylic acids is 10. The number of aromatic amines is 1. The van der Waals surface area contributed by atoms with Crippen molar-refractivity contribution in [2.24, 2.45) is 45.1 Å². The van der Waals surface area contributed by atoms with E-state index in [1.54, 1.807) is 0 Å². The summed E-state index contributed by atoms with van der Waals surface area (Å²) in [5.41, 5.74) is 39.2. The van der Waals surface area contributed by atoms with Gasteiger partial charge in [0.1, 0.15) is 47.7 Å². The Hall–Kier alpha value is -7.78. The molecule has 0 spiro atoms. The predicted octanol–water partition coefficient (Wildman–Crippen LogP) is -5.31. The highest BCUT2D eigenvalue weighted by Gasteiger charge is 2.39. The second kappa shape index (κ2) is 42.1. The molecule has 32 nitrogen and oxygen atoms in total. The zero-order chi connectivity index (χ0) is 63.1. The molecule has 1 aromatic heterocycles. The number of hydrogen-bond acceptors (Lipinski definition) is 19. The van der Waals surface area contributed by atoms with E-state index in [1.165, 1.54) is 30.4 Å². The average molecular weight is 1200 g/mol. The lowest BCUT2D eigenvalue weighted by molar-refractivity contribution is -0.136. The van der Waals surface area contributed by atoms with Crippen LogP contribution in [0.2, 0.25) is 0 Å². The molecular formula is C53H94N22O10. The summed E-state index contributed by atoms with van der Waals surface area (Å²) in [6.45, 7) is 2.65. The third kappa shape index (κ3) is 28.6. The number of nitrogens with two attached hydrogens (primary N) is 7. The maximum Gasteiger partial charge on any atom is 0.269 e. The molecule has 2 rings (SSSR count). The van der Waals surface area contributed by atoms with Crippen LogP contribution in [0.1, 0.15) is 122 Å². The Morgan fingerprint density at radius 1 is 0.659 bits per heavy atom. The Balaban J connectivity index is 2.36. The molecule has 1 aromatic rings. The highest BCUT2D eigenvalue weighted by molar-refractivity contribution is 6.40. The lowest BCUT2D eigenvalue weighted by atomic mass is 10.1. The molecule has 1 saturated heterocycles. The van der Waals surface area contributed by atoms with Crippen molar-refractivity contribution in [3.63, 3.8) is 0 Å². The van der Waals surface area contributed by atoms with E-state index >= 15 is 0 Å². The molecule has 26 N–H and O–H groups in total. The van der Waals surface area contributed by atoms with Gasteiger partial charge in [0.2, 0.25) is 35.4 Å². The van der Waals surface area contributed by atoms with Gasteiger partial charge in [0.25, 0.3) is 23.6 Å². The van der Waals surface area contributed by atoms with Crippen molar-refractivity contribution < 1.29 is 47.9 Å². The Labute approximate surface area is 495 Å². The summed E-state index contributed by atoms with van der Waals surface area (Å²) in [7, 11) is 0. The van der Waals surface area contributed by atoms with Crippen LogP contribution in [0.3, 0.4) is 0 Å². The molecule has 0 radical (unpaired) electrons. The number of likely N-dealkylation sites (tertiary alicyclic amines) is 1. The third-order valence-electron chi connectivity index (χ3n) is 13.3. The summed E-state index contributed by atoms with van der Waals surface area (Å²) in [5, 5.41) is 39.1. The molecular weight excluding hydrogens is 1100 g/mol. The van der Waals surface area contributed by atoms with Gasteiger partial charge in [-0.25, -0.2) is 9.98 Å². The zero-order valence-corrected chi connectivity index (χ0v) is 49.0. The number of nitrogens with one attached hydrogen (secondary N) is 12. The van der Waals surface area contributed by atoms with Crippen LogP contribution in [-0.4, -0.2) is 193 Å². The Morgan fingerprint density at radius 3 is 1.89 bits per heavy atom. The lowest BCUT2D eigenvalue weighted by Gasteiger charge is -2.28. The molecule has 6 atom stereocenters. The third-order valence-corrected chi connectivity index (χ3v) is 13.3. The smallest absolute Gasteiger partial charge is 0.269 e. The second-order valence-corrected chi connectivity index (χ2v) is 20.3. The number of aliphatic imine (C=N–C) groups is 1. The van der Waals surface area contributed by atoms with Crippen LogP contribution in [0.4, 0.5) is 0 Å². The number of carbonyl (C=O) groups is 10. The normalized spacial score (nSPS) is 15.0. The van der Waals surface area contributed by atoms with Crippen molar-refractivity contribution in [1.29, 1.82) is 10.8 Å². The summed E-state index contributed by atoms with van der Waals surface area (Å²) >= 11 is 0. The van der Waals surface area contributed by atoms with Gasteiger partial charge in [-0.1, -0.05) is 6.08 Å². The Kier molecular flexibility index (Phi) is 36.3. The van der Waals surface area contributed by atoms with Crippen LogP contribution in [0.25, 0.3) is 0 Å². The predicted molar refractivity (Wildman–Crippen MR) is 318 cm³/mol. The van der Waals surface area contributed by atoms with Crippen molar-refractivity contribution in [1.82, 2.24) is 62.7 Å². The Morgan fingerprint density at radius 2 is 1.27 bits per heavy atom. The van der Waals surface area contributed by atoms with Gasteiger partial charge in [-0.3, -0.25) is 58.8 Å². The molecule has 0 aliphatic carbocycles. The van der Waals surface area contributed by atoms with Gasteiger partial charge in [-0.15, -0.1) is 0 Å². The van der Waals surface area contributed by atoms with Gasteiger partial charge < -0.3 is 97.9 Å². The maximum atomic E-state index is 14.5. The van der Waals surface area contributed by atoms with Crippen molar-refractivity contribution in [3.8, 4) is 0 Å². The number of rotatable bonds is 43. The first-order chi connectivity index (χ1) is 40.7. The molecule has 476 valence electrons. The van der Waals surface area contributed by atoms with Crippen LogP contribution in [0.5, 0.6) is 0 Å². The van der Waals surface area contributed by atoms with Crippen molar-refractivity contribution in [2.75, 3.05) is 65.4 Å². The Bertz CT molecular complexity index is 2400. The fraction of sp³-hybridized carbons (Fsp3) is 0.660. The number of aromatic nitrogens is 2. The summed E-state index contributed by atoms with van der Waals surface area (Å²) in [6, 6.07) is -7.27. The van der Waals surface area contributed by atoms with E-state index in [-0.39, 0.29) is 114 Å². The monoisotopic (exact) mass is 1200 g/mol. The summed E-state index contributed by atoms with van der Waals surface area (Å²) in [5.74, 6) is -8.03. The quantitative estimate of drug-likeness (QED) is 0.0126. The van der Waals surface area contributed by atoms with Crippen LogP contribution in [-0.2, 0) is 54.4 Å². The number of unbranched alkanes of at least 4 members (excludes halogenated alkanes) is 4. The zero-order valence-electron chi connectivity index (χ0n) is 49.0. The van der Waals surface area contributed by atoms with E-state index in [0.29, 0.717) is 89.7 Å². The number of imidazole rings is 1. The number of nitrogens with zero attached hydrogens (tertiary/aromatic N) is 3. The molecule has 10 amide bonds. The molecule has 0 saturated carbocycles. The largest absolute Gasteiger partial charge is 0.370 e. The molecule has 2 heterocycles. The minimum atomic E-state index is -1.39. The molecule has 0 unspecified atom stereocenters. The fourth-order valence-corrected chi connectivity index (χ4v) is 8.63. The van der Waals surface area contributed by atoms with E-state index in [0.717, 1.165) is 0 Å². The first kappa shape index (κ1) is 73.3. The molecule has 1 aliphatic rings. The van der Waals surface area contributed by atoms with Crippen molar-refractivity contribution >= 4 is 76.5 Å². The summed E-state index contributed by atoms with van der Waals surface area (Å²) < 4.78 is 0. The average Bonchev–Trinajstić information content (AvgIpc) is 4.31. The van der Waals surface area contributed by atoms with Gasteiger partial charge in [-0.2, -0.15) is 0 Å². The number of hydrogen-bond donors (Lipinski definition) is 19. The van der Waals surface area contributed by atoms with Gasteiger partial charge in [0.05, 0.1) is 18.6 Å². The van der Waals surface area contributed by atoms with Crippen LogP contribution < -0.4 is 88.0 Å². The second-order valence-electron chi connectivity index (χ2n) is 20.3. The molecule has 85 heavy (non-hydrogen) atoms. The standard InChI is InChI=1S/C53H94N22O10/c1-33(68-47(80)39(19-25-59)70-45(78)35(60)13-2-5-20-54)44(77)66-31-43(76)69-40(16-10-24-58)52(85)75-28-12-18-42(75)51(84)74-41(29-34-30-63-32-67-34)50(83)73-37(15-4-7-22-56)48(81)72-38(17-11-27-65-53(61)62)49(82)71-36(14-3-6-21-55)46(79)64-26-9-8-23-57/h17,30,32-33,36-37,39,41-42,60H,2-16,18-29,31,54-59H2,1H3,(H,63,67)(H,64,79)(H,66,77)(H,68,80)(H,70,78)(H,71,82)(H,72,81)(H,73,83)(H,74,84)(H4,61,62,65)/b38-17-,60-35?,69-40+/t33-,36-,37-,39-,41-,42-/m0/s1. The molecule has 32 heteroatoms. The van der Waals surface area contributed by atoms with Crippen LogP contribution >= 0.6 is 0 Å². The minimum Gasteiger partial charge on any atom is -0.370 e. The first-order valence-corrected chi connectivity index (χ1v) is 29.1. The highest BCUT2D eigenvalue weighted by atomic mass is 16.2.